The molecule has 1 saturated carbocycles. The van der Waals surface area contributed by atoms with Gasteiger partial charge in [0, 0.05) is 17.5 Å². The van der Waals surface area contributed by atoms with Gasteiger partial charge in [0.2, 0.25) is 5.91 Å². The second kappa shape index (κ2) is 7.76. The number of amides is 2. The van der Waals surface area contributed by atoms with E-state index in [4.69, 9.17) is 0 Å². The van der Waals surface area contributed by atoms with Crippen LogP contribution in [0.1, 0.15) is 44.6 Å². The Kier molecular flexibility index (Phi) is 4.97. The van der Waals surface area contributed by atoms with E-state index >= 15 is 0 Å². The van der Waals surface area contributed by atoms with Crippen LogP contribution in [0.15, 0.2) is 59.3 Å². The maximum atomic E-state index is 13.5. The van der Waals surface area contributed by atoms with Gasteiger partial charge >= 0.3 is 0 Å². The summed E-state index contributed by atoms with van der Waals surface area (Å²) in [6.07, 6.45) is 2.85. The monoisotopic (exact) mass is 422 g/mol. The molecular weight excluding hydrogens is 400 g/mol. The Balaban J connectivity index is 1.42. The van der Waals surface area contributed by atoms with Crippen molar-refractivity contribution in [3.63, 3.8) is 0 Å². The van der Waals surface area contributed by atoms with E-state index in [1.165, 1.54) is 21.8 Å². The Morgan fingerprint density at radius 2 is 1.83 bits per heavy atom. The van der Waals surface area contributed by atoms with E-state index in [0.717, 1.165) is 24.8 Å². The quantitative estimate of drug-likeness (QED) is 0.603. The number of nitrogens with zero attached hydrogens (tertiary/aromatic N) is 2. The third-order valence-corrected chi connectivity index (χ3v) is 7.54. The molecule has 1 unspecified atom stereocenters. The van der Waals surface area contributed by atoms with E-state index in [1.807, 2.05) is 40.6 Å². The Hall–Kier alpha value is -2.44. The minimum atomic E-state index is -0.0726. The summed E-state index contributed by atoms with van der Waals surface area (Å²) in [5, 5.41) is 4.03. The third-order valence-electron chi connectivity index (χ3n) is 5.69. The normalized spacial score (nSPS) is 18.3. The minimum absolute atomic E-state index is 0.0136. The van der Waals surface area contributed by atoms with Gasteiger partial charge in [-0.15, -0.1) is 22.7 Å². The minimum Gasteiger partial charge on any atom is -0.330 e. The predicted octanol–water partition coefficient (Wildman–Crippen LogP) is 4.59. The number of hydrogen-bond donors (Lipinski definition) is 0. The summed E-state index contributed by atoms with van der Waals surface area (Å²) < 4.78 is 0. The van der Waals surface area contributed by atoms with E-state index in [1.54, 1.807) is 16.2 Å². The highest BCUT2D eigenvalue weighted by Gasteiger charge is 2.38. The third kappa shape index (κ3) is 3.63. The molecule has 1 fully saturated rings. The summed E-state index contributed by atoms with van der Waals surface area (Å²) in [6.45, 7) is 0.849. The van der Waals surface area contributed by atoms with E-state index in [0.29, 0.717) is 11.4 Å². The van der Waals surface area contributed by atoms with Gasteiger partial charge in [0.25, 0.3) is 5.91 Å². The molecule has 1 aromatic carbocycles. The first-order valence-corrected chi connectivity index (χ1v) is 11.7. The molecule has 3 heterocycles. The lowest BCUT2D eigenvalue weighted by molar-refractivity contribution is -0.134. The first-order valence-electron chi connectivity index (χ1n) is 9.97. The number of hydrogen-bond acceptors (Lipinski definition) is 4. The van der Waals surface area contributed by atoms with Crippen molar-refractivity contribution in [1.82, 2.24) is 9.80 Å². The molecule has 1 aliphatic heterocycles. The fourth-order valence-corrected chi connectivity index (χ4v) is 5.69. The standard InChI is InChI=1S/C23H22N2O2S2/c26-21(15-25(17-8-9-17)23(27)20-7-4-13-28-20)24-12-10-19-18(11-14-29-19)22(24)16-5-2-1-3-6-16/h1-7,11,13-14,17,22H,8-10,12,15H2. The van der Waals surface area contributed by atoms with Crippen LogP contribution in [0, 0.1) is 0 Å². The predicted molar refractivity (Wildman–Crippen MR) is 116 cm³/mol. The SMILES string of the molecule is O=C(c1cccs1)N(CC(=O)N1CCc2sccc2C1c1ccccc1)C1CC1. The van der Waals surface area contributed by atoms with Gasteiger partial charge in [-0.05, 0) is 53.3 Å². The summed E-state index contributed by atoms with van der Waals surface area (Å²) in [6, 6.07) is 16.2. The number of thiophene rings is 2. The van der Waals surface area contributed by atoms with Gasteiger partial charge in [-0.3, -0.25) is 9.59 Å². The van der Waals surface area contributed by atoms with Crippen LogP contribution >= 0.6 is 22.7 Å². The first-order chi connectivity index (χ1) is 14.2. The summed E-state index contributed by atoms with van der Waals surface area (Å²) in [4.78, 5) is 32.3. The van der Waals surface area contributed by atoms with Crippen LogP contribution < -0.4 is 0 Å². The molecule has 29 heavy (non-hydrogen) atoms. The zero-order chi connectivity index (χ0) is 19.8. The van der Waals surface area contributed by atoms with Crippen molar-refractivity contribution < 1.29 is 9.59 Å². The van der Waals surface area contributed by atoms with Crippen LogP contribution in [0.3, 0.4) is 0 Å². The summed E-state index contributed by atoms with van der Waals surface area (Å²) in [5.74, 6) is 0.0212. The Labute approximate surface area is 178 Å². The number of carbonyl (C=O) groups excluding carboxylic acids is 2. The Morgan fingerprint density at radius 3 is 2.55 bits per heavy atom. The molecule has 0 N–H and O–H groups in total. The van der Waals surface area contributed by atoms with Crippen molar-refractivity contribution in [3.05, 3.63) is 80.2 Å². The highest BCUT2D eigenvalue weighted by Crippen LogP contribution is 2.38. The van der Waals surface area contributed by atoms with Gasteiger partial charge in [-0.2, -0.15) is 0 Å². The van der Waals surface area contributed by atoms with Crippen molar-refractivity contribution in [2.75, 3.05) is 13.1 Å². The second-order valence-corrected chi connectivity index (χ2v) is 9.54. The fourth-order valence-electron chi connectivity index (χ4n) is 4.11. The van der Waals surface area contributed by atoms with Gasteiger partial charge in [0.15, 0.2) is 0 Å². The molecule has 2 amide bonds. The zero-order valence-electron chi connectivity index (χ0n) is 16.0. The Bertz CT molecular complexity index is 1010. The largest absolute Gasteiger partial charge is 0.330 e. The van der Waals surface area contributed by atoms with Crippen molar-refractivity contribution in [2.45, 2.75) is 31.3 Å². The van der Waals surface area contributed by atoms with Gasteiger partial charge in [-0.25, -0.2) is 0 Å². The molecule has 1 atom stereocenters. The lowest BCUT2D eigenvalue weighted by Gasteiger charge is -2.37. The molecule has 4 nitrogen and oxygen atoms in total. The average Bonchev–Trinajstić information content (AvgIpc) is 3.24. The highest BCUT2D eigenvalue weighted by molar-refractivity contribution is 7.12. The molecule has 0 radical (unpaired) electrons. The van der Waals surface area contributed by atoms with E-state index in [-0.39, 0.29) is 30.4 Å². The van der Waals surface area contributed by atoms with E-state index in [2.05, 4.69) is 23.6 Å². The molecule has 0 saturated heterocycles. The fraction of sp³-hybridized carbons (Fsp3) is 0.304. The first kappa shape index (κ1) is 18.6. The molecule has 6 heteroatoms. The molecule has 0 bridgehead atoms. The van der Waals surface area contributed by atoms with Crippen LogP contribution in [0.5, 0.6) is 0 Å². The van der Waals surface area contributed by atoms with Gasteiger partial charge in [-0.1, -0.05) is 36.4 Å². The lowest BCUT2D eigenvalue weighted by atomic mass is 9.93. The van der Waals surface area contributed by atoms with Crippen molar-refractivity contribution in [1.29, 1.82) is 0 Å². The smallest absolute Gasteiger partial charge is 0.264 e. The van der Waals surface area contributed by atoms with Gasteiger partial charge in [0.1, 0.15) is 6.54 Å². The molecule has 2 aliphatic rings. The van der Waals surface area contributed by atoms with Crippen molar-refractivity contribution in [3.8, 4) is 0 Å². The van der Waals surface area contributed by atoms with E-state index < -0.39 is 0 Å². The van der Waals surface area contributed by atoms with Crippen molar-refractivity contribution >= 4 is 34.5 Å². The number of rotatable bonds is 5. The summed E-state index contributed by atoms with van der Waals surface area (Å²) in [7, 11) is 0. The van der Waals surface area contributed by atoms with Crippen molar-refractivity contribution in [2.24, 2.45) is 0 Å². The molecule has 3 aromatic rings. The molecule has 0 spiro atoms. The second-order valence-electron chi connectivity index (χ2n) is 7.59. The highest BCUT2D eigenvalue weighted by atomic mass is 32.1. The maximum Gasteiger partial charge on any atom is 0.264 e. The molecule has 5 rings (SSSR count). The molecule has 148 valence electrons. The lowest BCUT2D eigenvalue weighted by Crippen LogP contribution is -2.47. The van der Waals surface area contributed by atoms with Crippen LogP contribution in [0.25, 0.3) is 0 Å². The molecular formula is C23H22N2O2S2. The average molecular weight is 423 g/mol. The molecule has 1 aliphatic carbocycles. The number of fused-ring (bicyclic) bond motifs is 1. The van der Waals surface area contributed by atoms with Gasteiger partial charge < -0.3 is 9.80 Å². The summed E-state index contributed by atoms with van der Waals surface area (Å²) >= 11 is 3.21. The topological polar surface area (TPSA) is 40.6 Å². The Morgan fingerprint density at radius 1 is 1.00 bits per heavy atom. The van der Waals surface area contributed by atoms with Crippen LogP contribution in [-0.4, -0.2) is 40.7 Å². The molecule has 2 aromatic heterocycles. The van der Waals surface area contributed by atoms with Crippen LogP contribution in [0.4, 0.5) is 0 Å². The van der Waals surface area contributed by atoms with Gasteiger partial charge in [0.05, 0.1) is 10.9 Å². The maximum absolute atomic E-state index is 13.5. The number of benzene rings is 1. The van der Waals surface area contributed by atoms with E-state index in [9.17, 15) is 9.59 Å². The number of carbonyl (C=O) groups is 2. The van der Waals surface area contributed by atoms with Crippen LogP contribution in [-0.2, 0) is 11.2 Å². The van der Waals surface area contributed by atoms with Crippen LogP contribution in [0.2, 0.25) is 0 Å². The summed E-state index contributed by atoms with van der Waals surface area (Å²) in [5.41, 5.74) is 2.35. The zero-order valence-corrected chi connectivity index (χ0v) is 17.6.